The number of halogens is 1. The quantitative estimate of drug-likeness (QED) is 0.590. The first-order valence-corrected chi connectivity index (χ1v) is 8.19. The summed E-state index contributed by atoms with van der Waals surface area (Å²) in [5.74, 6) is 0.0664. The summed E-state index contributed by atoms with van der Waals surface area (Å²) in [6.45, 7) is 0.655. The summed E-state index contributed by atoms with van der Waals surface area (Å²) in [5.41, 5.74) is 5.82. The third kappa shape index (κ3) is 2.77. The molecule has 1 aromatic rings. The van der Waals surface area contributed by atoms with E-state index in [0.29, 0.717) is 11.3 Å². The number of hydrogen-bond acceptors (Lipinski definition) is 5. The molecule has 2 fully saturated rings. The van der Waals surface area contributed by atoms with Crippen LogP contribution in [-0.2, 0) is 16.1 Å². The molecule has 4 atom stereocenters. The van der Waals surface area contributed by atoms with E-state index in [1.165, 1.54) is 11.2 Å². The van der Waals surface area contributed by atoms with Gasteiger partial charge in [0.25, 0.3) is 5.91 Å². The van der Waals surface area contributed by atoms with Crippen molar-refractivity contribution in [3.8, 4) is 0 Å². The van der Waals surface area contributed by atoms with Crippen molar-refractivity contribution < 1.29 is 18.8 Å². The van der Waals surface area contributed by atoms with Gasteiger partial charge in [-0.3, -0.25) is 19.3 Å². The van der Waals surface area contributed by atoms with Crippen molar-refractivity contribution in [2.75, 3.05) is 13.1 Å². The normalized spacial score (nSPS) is 29.1. The fraction of sp³-hybridized carbons (Fsp3) is 0.471. The average molecular weight is 366 g/mol. The molecule has 25 heavy (non-hydrogen) atoms. The van der Waals surface area contributed by atoms with Crippen molar-refractivity contribution in [1.29, 1.82) is 0 Å². The minimum atomic E-state index is -0.306. The van der Waals surface area contributed by atoms with Gasteiger partial charge in [-0.2, -0.15) is 0 Å². The number of carbonyl (C=O) groups is 3. The average Bonchev–Trinajstić information content (AvgIpc) is 3.34. The molecule has 8 heteroatoms. The largest absolute Gasteiger partial charge is 0.467 e. The first-order valence-electron chi connectivity index (χ1n) is 8.19. The highest BCUT2D eigenvalue weighted by Gasteiger charge is 2.58. The number of fused-ring (bicyclic) bond motifs is 5. The maximum Gasteiger partial charge on any atom is 0.254 e. The third-order valence-electron chi connectivity index (χ3n) is 5.30. The standard InChI is InChI=1S/C17H19N3O4.ClH/c18-7-12-6-11(8-24-12)15(21)19-3-4-20-16(22)13-9-1-2-10(5-9)14(13)17(20)23;/h1-2,6,8-10,13-14H,3-5,7,18H2,(H,19,21);1H. The van der Waals surface area contributed by atoms with Gasteiger partial charge < -0.3 is 15.5 Å². The molecular formula is C17H20ClN3O4. The summed E-state index contributed by atoms with van der Waals surface area (Å²) in [6, 6.07) is 1.58. The van der Waals surface area contributed by atoms with Gasteiger partial charge in [-0.25, -0.2) is 0 Å². The van der Waals surface area contributed by atoms with E-state index in [-0.39, 0.29) is 73.4 Å². The highest BCUT2D eigenvalue weighted by molar-refractivity contribution is 6.06. The molecule has 1 saturated carbocycles. The van der Waals surface area contributed by atoms with Crippen molar-refractivity contribution in [2.45, 2.75) is 13.0 Å². The van der Waals surface area contributed by atoms with Crippen molar-refractivity contribution in [2.24, 2.45) is 29.4 Å². The highest BCUT2D eigenvalue weighted by atomic mass is 35.5. The second kappa shape index (κ2) is 6.65. The predicted octanol–water partition coefficient (Wildman–Crippen LogP) is 0.697. The second-order valence-electron chi connectivity index (χ2n) is 6.59. The lowest BCUT2D eigenvalue weighted by Gasteiger charge is -2.17. The van der Waals surface area contributed by atoms with Gasteiger partial charge in [0.15, 0.2) is 0 Å². The van der Waals surface area contributed by atoms with Crippen LogP contribution in [0.1, 0.15) is 22.5 Å². The van der Waals surface area contributed by atoms with Gasteiger partial charge in [-0.1, -0.05) is 12.2 Å². The van der Waals surface area contributed by atoms with E-state index in [2.05, 4.69) is 17.5 Å². The summed E-state index contributed by atoms with van der Waals surface area (Å²) >= 11 is 0. The molecule has 0 aromatic carbocycles. The van der Waals surface area contributed by atoms with E-state index in [9.17, 15) is 14.4 Å². The molecule has 3 amide bonds. The van der Waals surface area contributed by atoms with Crippen molar-refractivity contribution in [3.63, 3.8) is 0 Å². The number of furan rings is 1. The van der Waals surface area contributed by atoms with Crippen molar-refractivity contribution in [1.82, 2.24) is 10.2 Å². The van der Waals surface area contributed by atoms with Gasteiger partial charge in [0.05, 0.1) is 23.9 Å². The van der Waals surface area contributed by atoms with Crippen molar-refractivity contribution >= 4 is 30.1 Å². The Morgan fingerprint density at radius 2 is 1.88 bits per heavy atom. The zero-order valence-corrected chi connectivity index (χ0v) is 14.3. The number of hydrogen-bond donors (Lipinski definition) is 2. The molecule has 1 saturated heterocycles. The number of allylic oxidation sites excluding steroid dienone is 2. The maximum atomic E-state index is 12.5. The summed E-state index contributed by atoms with van der Waals surface area (Å²) in [5, 5.41) is 2.71. The lowest BCUT2D eigenvalue weighted by Crippen LogP contribution is -2.39. The lowest BCUT2D eigenvalue weighted by atomic mass is 9.85. The monoisotopic (exact) mass is 365 g/mol. The van der Waals surface area contributed by atoms with Crippen LogP contribution < -0.4 is 11.1 Å². The van der Waals surface area contributed by atoms with E-state index in [0.717, 1.165) is 6.42 Å². The number of rotatable bonds is 5. The van der Waals surface area contributed by atoms with Crippen LogP contribution in [0, 0.1) is 23.7 Å². The number of carbonyl (C=O) groups excluding carboxylic acids is 3. The van der Waals surface area contributed by atoms with Crippen LogP contribution in [0.15, 0.2) is 28.9 Å². The maximum absolute atomic E-state index is 12.5. The smallest absolute Gasteiger partial charge is 0.254 e. The molecule has 3 N–H and O–H groups in total. The molecule has 0 radical (unpaired) electrons. The fourth-order valence-corrected chi connectivity index (χ4v) is 4.17. The molecule has 134 valence electrons. The number of imide groups is 1. The summed E-state index contributed by atoms with van der Waals surface area (Å²) in [6.07, 6.45) is 6.39. The predicted molar refractivity (Wildman–Crippen MR) is 90.6 cm³/mol. The minimum Gasteiger partial charge on any atom is -0.467 e. The highest BCUT2D eigenvalue weighted by Crippen LogP contribution is 2.52. The Balaban J connectivity index is 0.00000182. The molecule has 1 aliphatic heterocycles. The van der Waals surface area contributed by atoms with Gasteiger partial charge in [0.2, 0.25) is 11.8 Å². The molecule has 1 aromatic heterocycles. The number of amides is 3. The Kier molecular flexibility index (Phi) is 4.71. The SMILES string of the molecule is Cl.NCc1cc(C(=O)NCCN2C(=O)C3C4C=CC(C4)C3C2=O)co1. The first kappa shape index (κ1) is 17.7. The van der Waals surface area contributed by atoms with Gasteiger partial charge in [0, 0.05) is 13.1 Å². The fourth-order valence-electron chi connectivity index (χ4n) is 4.17. The van der Waals surface area contributed by atoms with Gasteiger partial charge >= 0.3 is 0 Å². The lowest BCUT2D eigenvalue weighted by molar-refractivity contribution is -0.140. The number of likely N-dealkylation sites (tertiary alicyclic amines) is 1. The topological polar surface area (TPSA) is 106 Å². The number of nitrogens with one attached hydrogen (secondary N) is 1. The van der Waals surface area contributed by atoms with E-state index < -0.39 is 0 Å². The van der Waals surface area contributed by atoms with E-state index in [1.807, 2.05) is 0 Å². The zero-order valence-electron chi connectivity index (χ0n) is 13.5. The molecule has 2 aliphatic carbocycles. The Morgan fingerprint density at radius 1 is 1.24 bits per heavy atom. The van der Waals surface area contributed by atoms with Crippen LogP contribution in [0.5, 0.6) is 0 Å². The minimum absolute atomic E-state index is 0. The van der Waals surface area contributed by atoms with Gasteiger partial charge in [0.1, 0.15) is 12.0 Å². The van der Waals surface area contributed by atoms with E-state index in [1.54, 1.807) is 6.07 Å². The molecule has 4 rings (SSSR count). The molecule has 2 bridgehead atoms. The molecule has 0 spiro atoms. The Bertz CT molecular complexity index is 714. The number of nitrogens with two attached hydrogens (primary N) is 1. The number of nitrogens with zero attached hydrogens (tertiary/aromatic N) is 1. The van der Waals surface area contributed by atoms with Crippen molar-refractivity contribution in [3.05, 3.63) is 35.8 Å². The Morgan fingerprint density at radius 3 is 2.44 bits per heavy atom. The first-order chi connectivity index (χ1) is 11.6. The summed E-state index contributed by atoms with van der Waals surface area (Å²) < 4.78 is 5.12. The second-order valence-corrected chi connectivity index (χ2v) is 6.59. The van der Waals surface area contributed by atoms with Gasteiger partial charge in [-0.15, -0.1) is 12.4 Å². The third-order valence-corrected chi connectivity index (χ3v) is 5.30. The summed E-state index contributed by atoms with van der Waals surface area (Å²) in [7, 11) is 0. The van der Waals surface area contributed by atoms with Crippen LogP contribution >= 0.6 is 12.4 Å². The van der Waals surface area contributed by atoms with Crippen LogP contribution in [0.2, 0.25) is 0 Å². The molecule has 2 heterocycles. The van der Waals surface area contributed by atoms with Crippen LogP contribution in [0.4, 0.5) is 0 Å². The van der Waals surface area contributed by atoms with E-state index in [4.69, 9.17) is 10.2 Å². The van der Waals surface area contributed by atoms with Gasteiger partial charge in [-0.05, 0) is 24.3 Å². The molecule has 4 unspecified atom stereocenters. The van der Waals surface area contributed by atoms with Crippen LogP contribution in [0.3, 0.4) is 0 Å². The molecular weight excluding hydrogens is 346 g/mol. The van der Waals surface area contributed by atoms with E-state index >= 15 is 0 Å². The molecule has 7 nitrogen and oxygen atoms in total. The Hall–Kier alpha value is -2.12. The Labute approximate surface area is 151 Å². The van der Waals surface area contributed by atoms with Crippen LogP contribution in [-0.4, -0.2) is 35.7 Å². The van der Waals surface area contributed by atoms with Crippen LogP contribution in [0.25, 0.3) is 0 Å². The zero-order chi connectivity index (χ0) is 16.8. The summed E-state index contributed by atoms with van der Waals surface area (Å²) in [4.78, 5) is 38.3. The molecule has 3 aliphatic rings.